The van der Waals surface area contributed by atoms with E-state index in [9.17, 15) is 9.59 Å². The highest BCUT2D eigenvalue weighted by atomic mass is 35.5. The number of carbonyl (C=O) groups is 2. The van der Waals surface area contributed by atoms with Gasteiger partial charge in [-0.3, -0.25) is 9.59 Å². The van der Waals surface area contributed by atoms with Gasteiger partial charge in [0.2, 0.25) is 5.91 Å². The number of likely N-dealkylation sites (tertiary alicyclic amines) is 1. The molecule has 0 saturated carbocycles. The van der Waals surface area contributed by atoms with Crippen molar-refractivity contribution in [3.8, 4) is 0 Å². The van der Waals surface area contributed by atoms with Crippen molar-refractivity contribution in [1.82, 2.24) is 4.90 Å². The number of hydrogen-bond acceptors (Lipinski definition) is 2. The highest BCUT2D eigenvalue weighted by molar-refractivity contribution is 6.34. The molecule has 0 aliphatic carbocycles. The minimum atomic E-state index is -0.858. The number of carbonyl (C=O) groups excluding carboxylic acids is 1. The van der Waals surface area contributed by atoms with Gasteiger partial charge in [-0.1, -0.05) is 23.2 Å². The van der Waals surface area contributed by atoms with Gasteiger partial charge < -0.3 is 10.0 Å². The number of nitrogens with zero attached hydrogens (tertiary/aromatic N) is 1. The quantitative estimate of drug-likeness (QED) is 0.866. The zero-order valence-corrected chi connectivity index (χ0v) is 12.9. The summed E-state index contributed by atoms with van der Waals surface area (Å²) < 4.78 is 0. The molecule has 2 atom stereocenters. The Balaban J connectivity index is 2.08. The smallest absolute Gasteiger partial charge is 0.308 e. The maximum atomic E-state index is 12.1. The van der Waals surface area contributed by atoms with Crippen LogP contribution in [0, 0.1) is 5.92 Å². The molecule has 1 N–H and O–H groups in total. The zero-order valence-electron chi connectivity index (χ0n) is 11.4. The van der Waals surface area contributed by atoms with Gasteiger partial charge in [-0.2, -0.15) is 0 Å². The van der Waals surface area contributed by atoms with Gasteiger partial charge in [0.1, 0.15) is 0 Å². The van der Waals surface area contributed by atoms with Gasteiger partial charge in [0.15, 0.2) is 0 Å². The molecule has 1 aliphatic heterocycles. The molecule has 6 heteroatoms. The number of rotatable bonds is 3. The summed E-state index contributed by atoms with van der Waals surface area (Å²) in [5.41, 5.74) is 0.725. The zero-order chi connectivity index (χ0) is 15.6. The van der Waals surface area contributed by atoms with Crippen molar-refractivity contribution >= 4 is 41.2 Å². The molecule has 1 fully saturated rings. The van der Waals surface area contributed by atoms with Gasteiger partial charge in [0.25, 0.3) is 0 Å². The Kier molecular flexibility index (Phi) is 4.91. The third-order valence-electron chi connectivity index (χ3n) is 3.66. The van der Waals surface area contributed by atoms with Crippen LogP contribution in [0.2, 0.25) is 10.0 Å². The first kappa shape index (κ1) is 15.9. The second-order valence-electron chi connectivity index (χ2n) is 5.04. The Hall–Kier alpha value is -1.52. The second-order valence-corrected chi connectivity index (χ2v) is 5.91. The monoisotopic (exact) mass is 327 g/mol. The summed E-state index contributed by atoms with van der Waals surface area (Å²) >= 11 is 11.8. The predicted molar refractivity (Wildman–Crippen MR) is 82.4 cm³/mol. The predicted octanol–water partition coefficient (Wildman–Crippen LogP) is 3.33. The SMILES string of the molecule is CC1C(C(=O)O)CCN1C(=O)C=Cc1cc(Cl)cc(Cl)c1. The third-order valence-corrected chi connectivity index (χ3v) is 4.09. The molecule has 2 rings (SSSR count). The Labute approximate surface area is 133 Å². The first-order chi connectivity index (χ1) is 9.88. The first-order valence-electron chi connectivity index (χ1n) is 6.56. The molecule has 112 valence electrons. The molecule has 0 spiro atoms. The molecule has 1 aliphatic rings. The molecule has 2 unspecified atom stereocenters. The van der Waals surface area contributed by atoms with Crippen LogP contribution in [0.3, 0.4) is 0 Å². The average molecular weight is 328 g/mol. The number of aliphatic carboxylic acids is 1. The lowest BCUT2D eigenvalue weighted by molar-refractivity contribution is -0.142. The summed E-state index contributed by atoms with van der Waals surface area (Å²) in [6.45, 7) is 2.21. The number of carboxylic acid groups (broad SMARTS) is 1. The maximum Gasteiger partial charge on any atom is 0.308 e. The lowest BCUT2D eigenvalue weighted by Crippen LogP contribution is -2.36. The number of amides is 1. The normalized spacial score (nSPS) is 22.0. The summed E-state index contributed by atoms with van der Waals surface area (Å²) in [5, 5.41) is 10.1. The van der Waals surface area contributed by atoms with Gasteiger partial charge in [-0.15, -0.1) is 0 Å². The molecule has 1 aromatic carbocycles. The molecule has 4 nitrogen and oxygen atoms in total. The van der Waals surface area contributed by atoms with Crippen molar-refractivity contribution in [2.45, 2.75) is 19.4 Å². The van der Waals surface area contributed by atoms with Crippen molar-refractivity contribution in [2.24, 2.45) is 5.92 Å². The molecular formula is C15H15Cl2NO3. The Morgan fingerprint density at radius 3 is 2.43 bits per heavy atom. The van der Waals surface area contributed by atoms with Crippen LogP contribution < -0.4 is 0 Å². The second kappa shape index (κ2) is 6.50. The van der Waals surface area contributed by atoms with E-state index in [0.717, 1.165) is 5.56 Å². The lowest BCUT2D eigenvalue weighted by atomic mass is 10.0. The van der Waals surface area contributed by atoms with Gasteiger partial charge in [0, 0.05) is 28.7 Å². The molecule has 21 heavy (non-hydrogen) atoms. The van der Waals surface area contributed by atoms with E-state index in [4.69, 9.17) is 28.3 Å². The number of benzene rings is 1. The van der Waals surface area contributed by atoms with Crippen LogP contribution in [-0.4, -0.2) is 34.5 Å². The summed E-state index contributed by atoms with van der Waals surface area (Å²) in [5.74, 6) is -1.56. The van der Waals surface area contributed by atoms with Crippen LogP contribution in [0.5, 0.6) is 0 Å². The first-order valence-corrected chi connectivity index (χ1v) is 7.31. The molecule has 1 aromatic rings. The molecule has 1 amide bonds. The largest absolute Gasteiger partial charge is 0.481 e. The molecule has 1 saturated heterocycles. The van der Waals surface area contributed by atoms with Gasteiger partial charge in [0.05, 0.1) is 5.92 Å². The van der Waals surface area contributed by atoms with Crippen LogP contribution in [0.1, 0.15) is 18.9 Å². The van der Waals surface area contributed by atoms with Gasteiger partial charge in [-0.05, 0) is 43.2 Å². The Bertz CT molecular complexity index is 580. The van der Waals surface area contributed by atoms with E-state index in [1.807, 2.05) is 0 Å². The molecule has 1 heterocycles. The van der Waals surface area contributed by atoms with Crippen LogP contribution in [0.15, 0.2) is 24.3 Å². The average Bonchev–Trinajstić information content (AvgIpc) is 2.77. The molecular weight excluding hydrogens is 313 g/mol. The van der Waals surface area contributed by atoms with Crippen LogP contribution in [0.4, 0.5) is 0 Å². The highest BCUT2D eigenvalue weighted by Crippen LogP contribution is 2.25. The lowest BCUT2D eigenvalue weighted by Gasteiger charge is -2.21. The minimum Gasteiger partial charge on any atom is -0.481 e. The van der Waals surface area contributed by atoms with Crippen molar-refractivity contribution in [1.29, 1.82) is 0 Å². The van der Waals surface area contributed by atoms with Crippen molar-refractivity contribution in [3.63, 3.8) is 0 Å². The summed E-state index contributed by atoms with van der Waals surface area (Å²) in [6.07, 6.45) is 3.53. The molecule has 0 aromatic heterocycles. The van der Waals surface area contributed by atoms with Crippen molar-refractivity contribution in [2.75, 3.05) is 6.54 Å². The van der Waals surface area contributed by atoms with Crippen molar-refractivity contribution in [3.05, 3.63) is 39.9 Å². The third kappa shape index (κ3) is 3.77. The highest BCUT2D eigenvalue weighted by Gasteiger charge is 2.37. The van der Waals surface area contributed by atoms with Crippen molar-refractivity contribution < 1.29 is 14.7 Å². The number of halogens is 2. The fourth-order valence-electron chi connectivity index (χ4n) is 2.52. The van der Waals surface area contributed by atoms with Crippen LogP contribution in [-0.2, 0) is 9.59 Å². The van der Waals surface area contributed by atoms with E-state index in [0.29, 0.717) is 23.0 Å². The van der Waals surface area contributed by atoms with E-state index in [1.165, 1.54) is 6.08 Å². The molecule has 0 bridgehead atoms. The van der Waals surface area contributed by atoms with E-state index < -0.39 is 11.9 Å². The standard InChI is InChI=1S/C15H15Cl2NO3/c1-9-13(15(20)21)4-5-18(9)14(19)3-2-10-6-11(16)8-12(17)7-10/h2-3,6-9,13H,4-5H2,1H3,(H,20,21). The van der Waals surface area contributed by atoms with E-state index in [-0.39, 0.29) is 11.9 Å². The Morgan fingerprint density at radius 1 is 1.29 bits per heavy atom. The minimum absolute atomic E-state index is 0.206. The maximum absolute atomic E-state index is 12.1. The number of carboxylic acids is 1. The van der Waals surface area contributed by atoms with E-state index in [1.54, 1.807) is 36.1 Å². The summed E-state index contributed by atoms with van der Waals surface area (Å²) in [4.78, 5) is 24.8. The van der Waals surface area contributed by atoms with Crippen LogP contribution in [0.25, 0.3) is 6.08 Å². The van der Waals surface area contributed by atoms with Crippen LogP contribution >= 0.6 is 23.2 Å². The fraction of sp³-hybridized carbons (Fsp3) is 0.333. The summed E-state index contributed by atoms with van der Waals surface area (Å²) in [7, 11) is 0. The molecule has 0 radical (unpaired) electrons. The topological polar surface area (TPSA) is 57.6 Å². The van der Waals surface area contributed by atoms with E-state index in [2.05, 4.69) is 0 Å². The van der Waals surface area contributed by atoms with E-state index >= 15 is 0 Å². The summed E-state index contributed by atoms with van der Waals surface area (Å²) in [6, 6.07) is 4.71. The van der Waals surface area contributed by atoms with Gasteiger partial charge >= 0.3 is 5.97 Å². The fourth-order valence-corrected chi connectivity index (χ4v) is 3.06. The Morgan fingerprint density at radius 2 is 1.90 bits per heavy atom. The van der Waals surface area contributed by atoms with Gasteiger partial charge in [-0.25, -0.2) is 0 Å². The number of hydrogen-bond donors (Lipinski definition) is 1.